The van der Waals surface area contributed by atoms with Gasteiger partial charge in [-0.2, -0.15) is 0 Å². The molecule has 2 aromatic rings. The van der Waals surface area contributed by atoms with Crippen LogP contribution in [0.5, 0.6) is 0 Å². The molecule has 0 saturated carbocycles. The third-order valence-corrected chi connectivity index (χ3v) is 1.93. The molecular formula is C9H10FN5. The summed E-state index contributed by atoms with van der Waals surface area (Å²) in [4.78, 5) is 0. The Morgan fingerprint density at radius 2 is 2.33 bits per heavy atom. The standard InChI is InChI=1S/C9H10FN5/c1-2-11-9-5-7(3-4-8(9)10)15-6-12-13-14-15/h3-6,11H,2H2,1H3. The first kappa shape index (κ1) is 9.57. The van der Waals surface area contributed by atoms with E-state index in [1.54, 1.807) is 12.1 Å². The summed E-state index contributed by atoms with van der Waals surface area (Å²) in [6, 6.07) is 4.66. The smallest absolute Gasteiger partial charge is 0.146 e. The van der Waals surface area contributed by atoms with Gasteiger partial charge in [0.15, 0.2) is 0 Å². The fourth-order valence-electron chi connectivity index (χ4n) is 1.26. The minimum atomic E-state index is -0.284. The number of halogens is 1. The molecule has 0 spiro atoms. The Kier molecular flexibility index (Phi) is 2.57. The molecule has 1 N–H and O–H groups in total. The van der Waals surface area contributed by atoms with Crippen LogP contribution in [-0.2, 0) is 0 Å². The number of benzene rings is 1. The SMILES string of the molecule is CCNc1cc(-n2cnnn2)ccc1F. The Hall–Kier alpha value is -1.98. The maximum absolute atomic E-state index is 13.3. The Balaban J connectivity index is 2.38. The lowest BCUT2D eigenvalue weighted by Crippen LogP contribution is -2.02. The van der Waals surface area contributed by atoms with Crippen LogP contribution in [0.15, 0.2) is 24.5 Å². The molecule has 1 aromatic heterocycles. The molecular weight excluding hydrogens is 197 g/mol. The third-order valence-electron chi connectivity index (χ3n) is 1.93. The molecule has 2 rings (SSSR count). The molecule has 0 aliphatic rings. The number of anilines is 1. The summed E-state index contributed by atoms with van der Waals surface area (Å²) in [7, 11) is 0. The van der Waals surface area contributed by atoms with E-state index < -0.39 is 0 Å². The van der Waals surface area contributed by atoms with Gasteiger partial charge >= 0.3 is 0 Å². The van der Waals surface area contributed by atoms with Crippen LogP contribution in [-0.4, -0.2) is 26.8 Å². The molecule has 0 unspecified atom stereocenters. The third kappa shape index (κ3) is 1.93. The highest BCUT2D eigenvalue weighted by Gasteiger charge is 2.04. The van der Waals surface area contributed by atoms with Crippen LogP contribution >= 0.6 is 0 Å². The molecule has 0 atom stereocenters. The van der Waals surface area contributed by atoms with Gasteiger partial charge in [-0.25, -0.2) is 9.07 Å². The number of rotatable bonds is 3. The van der Waals surface area contributed by atoms with E-state index in [4.69, 9.17) is 0 Å². The van der Waals surface area contributed by atoms with Crippen LogP contribution in [0.25, 0.3) is 5.69 Å². The molecule has 78 valence electrons. The molecule has 1 heterocycles. The van der Waals surface area contributed by atoms with Gasteiger partial charge in [-0.3, -0.25) is 0 Å². The minimum absolute atomic E-state index is 0.284. The van der Waals surface area contributed by atoms with E-state index in [-0.39, 0.29) is 5.82 Å². The normalized spacial score (nSPS) is 10.3. The molecule has 5 nitrogen and oxygen atoms in total. The van der Waals surface area contributed by atoms with E-state index in [9.17, 15) is 4.39 Å². The molecule has 15 heavy (non-hydrogen) atoms. The molecule has 0 aliphatic carbocycles. The first-order valence-corrected chi connectivity index (χ1v) is 4.58. The van der Waals surface area contributed by atoms with Crippen molar-refractivity contribution in [2.45, 2.75) is 6.92 Å². The minimum Gasteiger partial charge on any atom is -0.383 e. The van der Waals surface area contributed by atoms with Crippen LogP contribution in [0, 0.1) is 5.82 Å². The highest BCUT2D eigenvalue weighted by atomic mass is 19.1. The number of hydrogen-bond acceptors (Lipinski definition) is 4. The van der Waals surface area contributed by atoms with Gasteiger partial charge < -0.3 is 5.32 Å². The zero-order valence-corrected chi connectivity index (χ0v) is 8.18. The molecule has 0 bridgehead atoms. The maximum atomic E-state index is 13.3. The van der Waals surface area contributed by atoms with Crippen LogP contribution in [0.3, 0.4) is 0 Å². The quantitative estimate of drug-likeness (QED) is 0.822. The largest absolute Gasteiger partial charge is 0.383 e. The molecule has 0 aliphatic heterocycles. The van der Waals surface area contributed by atoms with Gasteiger partial charge in [0, 0.05) is 6.54 Å². The topological polar surface area (TPSA) is 55.6 Å². The zero-order valence-electron chi connectivity index (χ0n) is 8.18. The number of hydrogen-bond donors (Lipinski definition) is 1. The van der Waals surface area contributed by atoms with Crippen LogP contribution in [0.2, 0.25) is 0 Å². The summed E-state index contributed by atoms with van der Waals surface area (Å²) in [6.07, 6.45) is 1.46. The fourth-order valence-corrected chi connectivity index (χ4v) is 1.26. The Bertz CT molecular complexity index is 440. The summed E-state index contributed by atoms with van der Waals surface area (Å²) < 4.78 is 14.7. The lowest BCUT2D eigenvalue weighted by Gasteiger charge is -2.06. The van der Waals surface area contributed by atoms with Crippen molar-refractivity contribution in [2.24, 2.45) is 0 Å². The van der Waals surface area contributed by atoms with Gasteiger partial charge in [-0.05, 0) is 35.5 Å². The summed E-state index contributed by atoms with van der Waals surface area (Å²) in [6.45, 7) is 2.57. The predicted molar refractivity (Wildman–Crippen MR) is 53.3 cm³/mol. The van der Waals surface area contributed by atoms with Gasteiger partial charge in [-0.15, -0.1) is 5.10 Å². The second-order valence-electron chi connectivity index (χ2n) is 2.95. The first-order valence-electron chi connectivity index (χ1n) is 4.58. The first-order chi connectivity index (χ1) is 7.31. The van der Waals surface area contributed by atoms with E-state index >= 15 is 0 Å². The lowest BCUT2D eigenvalue weighted by atomic mass is 10.2. The van der Waals surface area contributed by atoms with Gasteiger partial charge in [0.25, 0.3) is 0 Å². The summed E-state index contributed by atoms with van der Waals surface area (Å²) in [5, 5.41) is 13.7. The van der Waals surface area contributed by atoms with Crippen molar-refractivity contribution >= 4 is 5.69 Å². The summed E-state index contributed by atoms with van der Waals surface area (Å²) >= 11 is 0. The Labute approximate surface area is 85.9 Å². The van der Waals surface area contributed by atoms with Crippen LogP contribution in [0.1, 0.15) is 6.92 Å². The molecule has 0 radical (unpaired) electrons. The molecule has 0 fully saturated rings. The van der Waals surface area contributed by atoms with E-state index in [0.717, 1.165) is 5.69 Å². The molecule has 6 heteroatoms. The monoisotopic (exact) mass is 207 g/mol. The Morgan fingerprint density at radius 3 is 3.00 bits per heavy atom. The van der Waals surface area contributed by atoms with Gasteiger partial charge in [0.05, 0.1) is 11.4 Å². The average molecular weight is 207 g/mol. The van der Waals surface area contributed by atoms with Crippen molar-refractivity contribution in [3.05, 3.63) is 30.3 Å². The van der Waals surface area contributed by atoms with Gasteiger partial charge in [0.2, 0.25) is 0 Å². The van der Waals surface area contributed by atoms with Gasteiger partial charge in [-0.1, -0.05) is 0 Å². The van der Waals surface area contributed by atoms with Crippen molar-refractivity contribution in [3.63, 3.8) is 0 Å². The molecule has 0 amide bonds. The number of tetrazole rings is 1. The second-order valence-corrected chi connectivity index (χ2v) is 2.95. The van der Waals surface area contributed by atoms with E-state index in [1.165, 1.54) is 17.1 Å². The van der Waals surface area contributed by atoms with Crippen molar-refractivity contribution in [1.82, 2.24) is 20.2 Å². The van der Waals surface area contributed by atoms with Gasteiger partial charge in [0.1, 0.15) is 12.1 Å². The van der Waals surface area contributed by atoms with Crippen molar-refractivity contribution in [1.29, 1.82) is 0 Å². The van der Waals surface area contributed by atoms with Crippen LogP contribution < -0.4 is 5.32 Å². The van der Waals surface area contributed by atoms with E-state index in [0.29, 0.717) is 12.2 Å². The number of nitrogens with one attached hydrogen (secondary N) is 1. The van der Waals surface area contributed by atoms with E-state index in [1.807, 2.05) is 6.92 Å². The van der Waals surface area contributed by atoms with Crippen molar-refractivity contribution in [2.75, 3.05) is 11.9 Å². The number of nitrogens with zero attached hydrogens (tertiary/aromatic N) is 4. The fraction of sp³-hybridized carbons (Fsp3) is 0.222. The highest BCUT2D eigenvalue weighted by molar-refractivity contribution is 5.51. The van der Waals surface area contributed by atoms with Crippen molar-refractivity contribution < 1.29 is 4.39 Å². The molecule has 1 aromatic carbocycles. The predicted octanol–water partition coefficient (Wildman–Crippen LogP) is 1.23. The van der Waals surface area contributed by atoms with Crippen molar-refractivity contribution in [3.8, 4) is 5.69 Å². The summed E-state index contributed by atoms with van der Waals surface area (Å²) in [5.41, 5.74) is 1.17. The zero-order chi connectivity index (χ0) is 10.7. The maximum Gasteiger partial charge on any atom is 0.146 e. The second kappa shape index (κ2) is 4.04. The lowest BCUT2D eigenvalue weighted by molar-refractivity contribution is 0.629. The molecule has 0 saturated heterocycles. The Morgan fingerprint density at radius 1 is 1.47 bits per heavy atom. The summed E-state index contributed by atoms with van der Waals surface area (Å²) in [5.74, 6) is -0.284. The van der Waals surface area contributed by atoms with Crippen LogP contribution in [0.4, 0.5) is 10.1 Å². The average Bonchev–Trinajstić information content (AvgIpc) is 2.75. The van der Waals surface area contributed by atoms with E-state index in [2.05, 4.69) is 20.8 Å². The number of aromatic nitrogens is 4. The highest BCUT2D eigenvalue weighted by Crippen LogP contribution is 2.17.